The van der Waals surface area contributed by atoms with Crippen LogP contribution in [0.15, 0.2) is 42.7 Å². The van der Waals surface area contributed by atoms with E-state index >= 15 is 0 Å². The van der Waals surface area contributed by atoms with Gasteiger partial charge in [0, 0.05) is 6.20 Å². The van der Waals surface area contributed by atoms with Crippen molar-refractivity contribution in [3.8, 4) is 0 Å². The second-order valence-corrected chi connectivity index (χ2v) is 4.38. The van der Waals surface area contributed by atoms with Gasteiger partial charge < -0.3 is 10.4 Å². The van der Waals surface area contributed by atoms with Crippen LogP contribution in [0.1, 0.15) is 21.5 Å². The molecule has 0 saturated carbocycles. The first kappa shape index (κ1) is 13.7. The Morgan fingerprint density at radius 2 is 2.00 bits per heavy atom. The fourth-order valence-corrected chi connectivity index (χ4v) is 1.85. The summed E-state index contributed by atoms with van der Waals surface area (Å²) in [5.74, 6) is -1.30. The Morgan fingerprint density at radius 1 is 1.25 bits per heavy atom. The number of carboxylic acid groups (broad SMARTS) is 1. The van der Waals surface area contributed by atoms with Crippen LogP contribution in [0, 0.1) is 6.92 Å². The SMILES string of the molecule is Cc1ccncc1NC(=O)Cc1ccccc1C(=O)O. The maximum absolute atomic E-state index is 12.0. The molecule has 2 rings (SSSR count). The minimum atomic E-state index is -1.04. The molecule has 0 aliphatic rings. The number of hydrogen-bond acceptors (Lipinski definition) is 3. The van der Waals surface area contributed by atoms with Gasteiger partial charge in [0.1, 0.15) is 0 Å². The molecule has 0 bridgehead atoms. The second-order valence-electron chi connectivity index (χ2n) is 4.38. The molecule has 0 atom stereocenters. The van der Waals surface area contributed by atoms with Crippen molar-refractivity contribution >= 4 is 17.6 Å². The zero-order valence-electron chi connectivity index (χ0n) is 11.0. The second kappa shape index (κ2) is 5.97. The molecule has 1 aromatic heterocycles. The number of nitrogens with zero attached hydrogens (tertiary/aromatic N) is 1. The van der Waals surface area contributed by atoms with Gasteiger partial charge in [0.25, 0.3) is 0 Å². The summed E-state index contributed by atoms with van der Waals surface area (Å²) in [4.78, 5) is 27.0. The number of carbonyl (C=O) groups is 2. The van der Waals surface area contributed by atoms with Crippen molar-refractivity contribution in [2.24, 2.45) is 0 Å². The van der Waals surface area contributed by atoms with Gasteiger partial charge in [-0.1, -0.05) is 18.2 Å². The Balaban J connectivity index is 2.13. The van der Waals surface area contributed by atoms with Crippen LogP contribution in [-0.2, 0) is 11.2 Å². The van der Waals surface area contributed by atoms with E-state index in [-0.39, 0.29) is 17.9 Å². The molecule has 1 heterocycles. The number of carbonyl (C=O) groups excluding carboxylic acids is 1. The molecule has 0 radical (unpaired) electrons. The molecule has 2 N–H and O–H groups in total. The highest BCUT2D eigenvalue weighted by molar-refractivity contribution is 5.96. The van der Waals surface area contributed by atoms with E-state index in [0.717, 1.165) is 5.56 Å². The average Bonchev–Trinajstić information content (AvgIpc) is 2.41. The van der Waals surface area contributed by atoms with Crippen LogP contribution in [-0.4, -0.2) is 22.0 Å². The van der Waals surface area contributed by atoms with Crippen LogP contribution in [0.25, 0.3) is 0 Å². The maximum Gasteiger partial charge on any atom is 0.335 e. The van der Waals surface area contributed by atoms with E-state index < -0.39 is 5.97 Å². The summed E-state index contributed by atoms with van der Waals surface area (Å²) in [7, 11) is 0. The number of carboxylic acids is 1. The Kier molecular flexibility index (Phi) is 4.10. The number of pyridine rings is 1. The number of amides is 1. The molecule has 102 valence electrons. The molecule has 0 saturated heterocycles. The van der Waals surface area contributed by atoms with Crippen LogP contribution < -0.4 is 5.32 Å². The molecule has 5 nitrogen and oxygen atoms in total. The van der Waals surface area contributed by atoms with Gasteiger partial charge in [-0.15, -0.1) is 0 Å². The summed E-state index contributed by atoms with van der Waals surface area (Å²) >= 11 is 0. The van der Waals surface area contributed by atoms with E-state index in [0.29, 0.717) is 11.3 Å². The number of hydrogen-bond donors (Lipinski definition) is 2. The summed E-state index contributed by atoms with van der Waals surface area (Å²) < 4.78 is 0. The third-order valence-corrected chi connectivity index (χ3v) is 2.91. The Hall–Kier alpha value is -2.69. The van der Waals surface area contributed by atoms with Crippen molar-refractivity contribution in [3.63, 3.8) is 0 Å². The highest BCUT2D eigenvalue weighted by Gasteiger charge is 2.13. The smallest absolute Gasteiger partial charge is 0.335 e. The van der Waals surface area contributed by atoms with Gasteiger partial charge in [0.15, 0.2) is 0 Å². The van der Waals surface area contributed by atoms with Gasteiger partial charge in [-0.2, -0.15) is 0 Å². The highest BCUT2D eigenvalue weighted by atomic mass is 16.4. The molecular formula is C15H14N2O3. The van der Waals surface area contributed by atoms with Crippen molar-refractivity contribution < 1.29 is 14.7 Å². The predicted octanol–water partition coefficient (Wildman–Crippen LogP) is 2.27. The van der Waals surface area contributed by atoms with Crippen LogP contribution >= 0.6 is 0 Å². The van der Waals surface area contributed by atoms with E-state index in [2.05, 4.69) is 10.3 Å². The minimum absolute atomic E-state index is 0.0107. The van der Waals surface area contributed by atoms with E-state index in [9.17, 15) is 9.59 Å². The number of nitrogens with one attached hydrogen (secondary N) is 1. The van der Waals surface area contributed by atoms with Crippen molar-refractivity contribution in [1.29, 1.82) is 0 Å². The van der Waals surface area contributed by atoms with Gasteiger partial charge in [0.2, 0.25) is 5.91 Å². The third-order valence-electron chi connectivity index (χ3n) is 2.91. The van der Waals surface area contributed by atoms with Crippen LogP contribution in [0.5, 0.6) is 0 Å². The van der Waals surface area contributed by atoms with Crippen molar-refractivity contribution in [2.75, 3.05) is 5.32 Å². The minimum Gasteiger partial charge on any atom is -0.478 e. The van der Waals surface area contributed by atoms with Gasteiger partial charge >= 0.3 is 5.97 Å². The molecule has 5 heteroatoms. The summed E-state index contributed by atoms with van der Waals surface area (Å²) in [5, 5.41) is 11.8. The number of benzene rings is 1. The summed E-state index contributed by atoms with van der Waals surface area (Å²) in [6.45, 7) is 1.86. The number of aromatic carboxylic acids is 1. The van der Waals surface area contributed by atoms with Crippen LogP contribution in [0.4, 0.5) is 5.69 Å². The zero-order chi connectivity index (χ0) is 14.5. The first-order chi connectivity index (χ1) is 9.58. The number of anilines is 1. The van der Waals surface area contributed by atoms with Crippen molar-refractivity contribution in [1.82, 2.24) is 4.98 Å². The standard InChI is InChI=1S/C15H14N2O3/c1-10-6-7-16-9-13(10)17-14(18)8-11-4-2-3-5-12(11)15(19)20/h2-7,9H,8H2,1H3,(H,17,18)(H,19,20). The third kappa shape index (κ3) is 3.20. The zero-order valence-corrected chi connectivity index (χ0v) is 11.0. The van der Waals surface area contributed by atoms with Crippen molar-refractivity contribution in [2.45, 2.75) is 13.3 Å². The number of rotatable bonds is 4. The summed E-state index contributed by atoms with van der Waals surface area (Å²) in [5.41, 5.74) is 2.16. The van der Waals surface area contributed by atoms with Crippen molar-refractivity contribution in [3.05, 3.63) is 59.4 Å². The first-order valence-electron chi connectivity index (χ1n) is 6.09. The molecule has 1 amide bonds. The van der Waals surface area contributed by atoms with Gasteiger partial charge in [0.05, 0.1) is 23.9 Å². The van der Waals surface area contributed by atoms with Gasteiger partial charge in [-0.05, 0) is 30.2 Å². The normalized spacial score (nSPS) is 10.1. The van der Waals surface area contributed by atoms with Gasteiger partial charge in [-0.25, -0.2) is 4.79 Å². The fraction of sp³-hybridized carbons (Fsp3) is 0.133. The highest BCUT2D eigenvalue weighted by Crippen LogP contribution is 2.14. The molecule has 0 fully saturated rings. The lowest BCUT2D eigenvalue weighted by Crippen LogP contribution is -2.17. The maximum atomic E-state index is 12.0. The lowest BCUT2D eigenvalue weighted by Gasteiger charge is -2.09. The molecule has 0 spiro atoms. The molecular weight excluding hydrogens is 256 g/mol. The summed E-state index contributed by atoms with van der Waals surface area (Å²) in [6, 6.07) is 8.26. The van der Waals surface area contributed by atoms with E-state index in [1.165, 1.54) is 6.07 Å². The number of aromatic nitrogens is 1. The van der Waals surface area contributed by atoms with E-state index in [4.69, 9.17) is 5.11 Å². The molecule has 1 aromatic carbocycles. The Morgan fingerprint density at radius 3 is 2.70 bits per heavy atom. The Labute approximate surface area is 116 Å². The molecule has 2 aromatic rings. The van der Waals surface area contributed by atoms with E-state index in [1.807, 2.05) is 6.92 Å². The topological polar surface area (TPSA) is 79.3 Å². The lowest BCUT2D eigenvalue weighted by atomic mass is 10.0. The first-order valence-corrected chi connectivity index (χ1v) is 6.09. The Bertz CT molecular complexity index is 653. The quantitative estimate of drug-likeness (QED) is 0.893. The summed E-state index contributed by atoms with van der Waals surface area (Å²) in [6.07, 6.45) is 3.22. The van der Waals surface area contributed by atoms with Gasteiger partial charge in [-0.3, -0.25) is 9.78 Å². The fourth-order valence-electron chi connectivity index (χ4n) is 1.85. The molecule has 20 heavy (non-hydrogen) atoms. The molecule has 0 aliphatic heterocycles. The largest absolute Gasteiger partial charge is 0.478 e. The predicted molar refractivity (Wildman–Crippen MR) is 74.7 cm³/mol. The average molecular weight is 270 g/mol. The van der Waals surface area contributed by atoms with E-state index in [1.54, 1.807) is 36.7 Å². The lowest BCUT2D eigenvalue weighted by molar-refractivity contribution is -0.115. The number of aryl methyl sites for hydroxylation is 1. The van der Waals surface area contributed by atoms with Crippen LogP contribution in [0.3, 0.4) is 0 Å². The van der Waals surface area contributed by atoms with Crippen LogP contribution in [0.2, 0.25) is 0 Å². The molecule has 0 unspecified atom stereocenters. The molecule has 0 aliphatic carbocycles. The monoisotopic (exact) mass is 270 g/mol.